The largest absolute Gasteiger partial charge is 0.463 e. The number of fused-ring (bicyclic) bond motifs is 3. The van der Waals surface area contributed by atoms with Crippen LogP contribution >= 0.6 is 0 Å². The second-order valence-electron chi connectivity index (χ2n) is 12.1. The minimum atomic E-state index is -1.38. The summed E-state index contributed by atoms with van der Waals surface area (Å²) in [4.78, 5) is 25.1. The van der Waals surface area contributed by atoms with Gasteiger partial charge in [-0.15, -0.1) is 0 Å². The van der Waals surface area contributed by atoms with E-state index in [1.165, 1.54) is 6.08 Å². The molecule has 2 aliphatic carbocycles. The van der Waals surface area contributed by atoms with Crippen LogP contribution in [-0.4, -0.2) is 58.3 Å². The van der Waals surface area contributed by atoms with Crippen molar-refractivity contribution in [1.29, 1.82) is 0 Å². The summed E-state index contributed by atoms with van der Waals surface area (Å²) in [7, 11) is 0. The number of carbonyl (C=O) groups is 2. The van der Waals surface area contributed by atoms with Crippen LogP contribution in [-0.2, 0) is 23.8 Å². The molecular weight excluding hydrogens is 460 g/mol. The Morgan fingerprint density at radius 1 is 1.17 bits per heavy atom. The Bertz CT molecular complexity index is 1050. The van der Waals surface area contributed by atoms with Gasteiger partial charge in [-0.25, -0.2) is 4.79 Å². The van der Waals surface area contributed by atoms with Crippen LogP contribution < -0.4 is 0 Å². The Hall–Kier alpha value is -2.22. The lowest BCUT2D eigenvalue weighted by atomic mass is 9.40. The average Bonchev–Trinajstić information content (AvgIpc) is 3.21. The predicted octanol–water partition coefficient (Wildman–Crippen LogP) is 3.81. The second kappa shape index (κ2) is 8.67. The lowest BCUT2D eigenvalue weighted by molar-refractivity contribution is -0.337. The molecule has 7 nitrogen and oxygen atoms in total. The zero-order valence-corrected chi connectivity index (χ0v) is 21.5. The maximum absolute atomic E-state index is 13.1. The van der Waals surface area contributed by atoms with Gasteiger partial charge in [0, 0.05) is 23.3 Å². The Kier molecular flexibility index (Phi) is 6.13. The molecule has 5 rings (SSSR count). The molecule has 4 aliphatic rings. The number of aliphatic hydroxyl groups is 2. The first kappa shape index (κ1) is 25.4. The number of cyclic esters (lactones) is 1. The van der Waals surface area contributed by atoms with E-state index in [4.69, 9.17) is 14.2 Å². The van der Waals surface area contributed by atoms with E-state index in [0.717, 1.165) is 24.8 Å². The lowest BCUT2D eigenvalue weighted by Gasteiger charge is -2.70. The smallest absolute Gasteiger partial charge is 0.331 e. The number of esters is 2. The van der Waals surface area contributed by atoms with Crippen molar-refractivity contribution in [2.45, 2.75) is 88.6 Å². The third-order valence-corrected chi connectivity index (χ3v) is 10.3. The Labute approximate surface area is 212 Å². The molecule has 4 fully saturated rings. The van der Waals surface area contributed by atoms with Gasteiger partial charge in [-0.05, 0) is 50.2 Å². The fraction of sp³-hybridized carbons (Fsp3) is 0.655. The van der Waals surface area contributed by atoms with Crippen molar-refractivity contribution in [1.82, 2.24) is 0 Å². The number of aliphatic hydroxyl groups excluding tert-OH is 1. The van der Waals surface area contributed by atoms with Gasteiger partial charge in [-0.1, -0.05) is 50.6 Å². The minimum absolute atomic E-state index is 0.0547. The van der Waals surface area contributed by atoms with Crippen LogP contribution in [0.2, 0.25) is 0 Å². The van der Waals surface area contributed by atoms with E-state index in [1.807, 2.05) is 37.3 Å². The third kappa shape index (κ3) is 3.74. The van der Waals surface area contributed by atoms with E-state index < -0.39 is 40.9 Å². The molecule has 36 heavy (non-hydrogen) atoms. The molecule has 196 valence electrons. The first-order chi connectivity index (χ1) is 17.0. The van der Waals surface area contributed by atoms with Crippen molar-refractivity contribution >= 4 is 18.0 Å². The lowest BCUT2D eigenvalue weighted by Crippen LogP contribution is -2.75. The highest BCUT2D eigenvalue weighted by Gasteiger charge is 2.73. The highest BCUT2D eigenvalue weighted by Crippen LogP contribution is 2.69. The molecular formula is C29H38O7. The summed E-state index contributed by atoms with van der Waals surface area (Å²) in [5.41, 5.74) is -3.07. The molecule has 2 aliphatic heterocycles. The first-order valence-electron chi connectivity index (χ1n) is 13.1. The maximum atomic E-state index is 13.1. The molecule has 0 radical (unpaired) electrons. The predicted molar refractivity (Wildman–Crippen MR) is 133 cm³/mol. The van der Waals surface area contributed by atoms with E-state index in [1.54, 1.807) is 6.08 Å². The van der Waals surface area contributed by atoms with Crippen LogP contribution in [0.5, 0.6) is 0 Å². The molecule has 0 bridgehead atoms. The molecule has 1 spiro atoms. The first-order valence-corrected chi connectivity index (χ1v) is 13.1. The highest BCUT2D eigenvalue weighted by molar-refractivity contribution is 5.87. The van der Waals surface area contributed by atoms with Crippen molar-refractivity contribution < 1.29 is 34.0 Å². The fourth-order valence-corrected chi connectivity index (χ4v) is 7.90. The maximum Gasteiger partial charge on any atom is 0.331 e. The van der Waals surface area contributed by atoms with Crippen molar-refractivity contribution in [2.75, 3.05) is 13.2 Å². The molecule has 0 unspecified atom stereocenters. The molecule has 7 heteroatoms. The summed E-state index contributed by atoms with van der Waals surface area (Å²) in [6.07, 6.45) is 6.58. The van der Waals surface area contributed by atoms with Crippen LogP contribution in [0, 0.1) is 16.7 Å². The van der Waals surface area contributed by atoms with E-state index in [2.05, 4.69) is 13.8 Å². The zero-order chi connectivity index (χ0) is 25.8. The van der Waals surface area contributed by atoms with Gasteiger partial charge in [0.05, 0.1) is 24.2 Å². The second-order valence-corrected chi connectivity index (χ2v) is 12.1. The SMILES string of the molecule is C[C@@]12[C@@H](OC(=O)/C=C/c3ccccc3)C[C@]3(C)O[C@@]4(CC[C@@]3(C)[C@H]1CCC[C@]2(O)CO)COC(=O)C4. The van der Waals surface area contributed by atoms with E-state index in [9.17, 15) is 19.8 Å². The van der Waals surface area contributed by atoms with E-state index in [0.29, 0.717) is 19.3 Å². The van der Waals surface area contributed by atoms with Gasteiger partial charge in [-0.3, -0.25) is 4.79 Å². The number of rotatable bonds is 4. The Morgan fingerprint density at radius 2 is 1.92 bits per heavy atom. The van der Waals surface area contributed by atoms with Gasteiger partial charge in [0.1, 0.15) is 18.3 Å². The molecule has 2 saturated carbocycles. The molecule has 1 aromatic carbocycles. The summed E-state index contributed by atoms with van der Waals surface area (Å²) in [5.74, 6) is -0.795. The number of hydrogen-bond donors (Lipinski definition) is 2. The van der Waals surface area contributed by atoms with Gasteiger partial charge >= 0.3 is 11.9 Å². The zero-order valence-electron chi connectivity index (χ0n) is 21.5. The minimum Gasteiger partial charge on any atom is -0.463 e. The van der Waals surface area contributed by atoms with Crippen molar-refractivity contribution in [3.05, 3.63) is 42.0 Å². The Balaban J connectivity index is 1.50. The van der Waals surface area contributed by atoms with Crippen LogP contribution in [0.4, 0.5) is 0 Å². The molecule has 0 amide bonds. The monoisotopic (exact) mass is 498 g/mol. The van der Waals surface area contributed by atoms with Gasteiger partial charge in [0.15, 0.2) is 0 Å². The summed E-state index contributed by atoms with van der Waals surface area (Å²) in [6.45, 7) is 6.09. The molecule has 2 N–H and O–H groups in total. The van der Waals surface area contributed by atoms with Crippen molar-refractivity contribution in [3.8, 4) is 0 Å². The average molecular weight is 499 g/mol. The number of benzene rings is 1. The van der Waals surface area contributed by atoms with Crippen molar-refractivity contribution in [3.63, 3.8) is 0 Å². The van der Waals surface area contributed by atoms with E-state index in [-0.39, 0.29) is 30.3 Å². The fourth-order valence-electron chi connectivity index (χ4n) is 7.90. The molecule has 0 aromatic heterocycles. The van der Waals surface area contributed by atoms with Crippen LogP contribution in [0.25, 0.3) is 6.08 Å². The van der Waals surface area contributed by atoms with E-state index >= 15 is 0 Å². The third-order valence-electron chi connectivity index (χ3n) is 10.3. The normalized spacial score (nSPS) is 44.2. The number of ether oxygens (including phenoxy) is 3. The summed E-state index contributed by atoms with van der Waals surface area (Å²) in [6, 6.07) is 9.52. The summed E-state index contributed by atoms with van der Waals surface area (Å²) < 4.78 is 18.3. The summed E-state index contributed by atoms with van der Waals surface area (Å²) >= 11 is 0. The molecule has 1 aromatic rings. The molecule has 7 atom stereocenters. The quantitative estimate of drug-likeness (QED) is 0.481. The highest BCUT2D eigenvalue weighted by atomic mass is 16.6. The molecule has 2 heterocycles. The van der Waals surface area contributed by atoms with Crippen LogP contribution in [0.3, 0.4) is 0 Å². The van der Waals surface area contributed by atoms with Gasteiger partial charge in [-0.2, -0.15) is 0 Å². The topological polar surface area (TPSA) is 102 Å². The molecule has 2 saturated heterocycles. The van der Waals surface area contributed by atoms with Crippen molar-refractivity contribution in [2.24, 2.45) is 16.7 Å². The number of hydrogen-bond acceptors (Lipinski definition) is 7. The van der Waals surface area contributed by atoms with Crippen LogP contribution in [0.1, 0.15) is 71.3 Å². The summed E-state index contributed by atoms with van der Waals surface area (Å²) in [5, 5.41) is 22.2. The van der Waals surface area contributed by atoms with Gasteiger partial charge in [0.2, 0.25) is 0 Å². The Morgan fingerprint density at radius 3 is 2.58 bits per heavy atom. The standard InChI is InChI=1S/C29H38O7/c1-25-14-15-28(17-24(32)34-19-28)36-26(25,2)16-22(27(3)21(25)10-7-13-29(27,33)18-30)35-23(31)12-11-20-8-5-4-6-9-20/h4-6,8-9,11-12,21-22,30,33H,7,10,13-19H2,1-3H3/b12-11+/t21-,22+,25+,26+,27+,28-,29+/m1/s1. The number of carbonyl (C=O) groups excluding carboxylic acids is 2. The van der Waals surface area contributed by atoms with Gasteiger partial charge < -0.3 is 24.4 Å². The van der Waals surface area contributed by atoms with Crippen LogP contribution in [0.15, 0.2) is 36.4 Å². The van der Waals surface area contributed by atoms with Gasteiger partial charge in [0.25, 0.3) is 0 Å².